The molecule has 0 aromatic heterocycles. The number of thioether (sulfide) groups is 1. The Bertz CT molecular complexity index is 816. The number of carbonyl (C=O) groups is 1. The van der Waals surface area contributed by atoms with Gasteiger partial charge in [-0.2, -0.15) is 0 Å². The van der Waals surface area contributed by atoms with Crippen molar-refractivity contribution in [3.05, 3.63) is 64.8 Å². The van der Waals surface area contributed by atoms with Crippen LogP contribution in [0.4, 0.5) is 10.1 Å². The maximum absolute atomic E-state index is 13.7. The lowest BCUT2D eigenvalue weighted by Crippen LogP contribution is -2.23. The van der Waals surface area contributed by atoms with Crippen LogP contribution in [-0.2, 0) is 4.79 Å². The summed E-state index contributed by atoms with van der Waals surface area (Å²) < 4.78 is 13.7. The Morgan fingerprint density at radius 1 is 1.17 bits per heavy atom. The molecule has 1 saturated heterocycles. The zero-order valence-corrected chi connectivity index (χ0v) is 13.0. The first-order valence-electron chi connectivity index (χ1n) is 6.84. The molecule has 0 aliphatic carbocycles. The average Bonchev–Trinajstić information content (AvgIpc) is 2.80. The van der Waals surface area contributed by atoms with Crippen molar-refractivity contribution in [3.8, 4) is 5.75 Å². The van der Waals surface area contributed by atoms with Gasteiger partial charge in [-0.15, -0.1) is 0 Å². The number of amidine groups is 1. The highest BCUT2D eigenvalue weighted by Crippen LogP contribution is 2.33. The van der Waals surface area contributed by atoms with Gasteiger partial charge in [-0.1, -0.05) is 24.3 Å². The molecule has 3 rings (SSSR count). The lowest BCUT2D eigenvalue weighted by Gasteiger charge is -2.07. The smallest absolute Gasteiger partial charge is 0.266 e. The summed E-state index contributed by atoms with van der Waals surface area (Å²) in [5.41, 5.74) is 0.986. The lowest BCUT2D eigenvalue weighted by molar-refractivity contribution is -0.121. The summed E-state index contributed by atoms with van der Waals surface area (Å²) >= 11 is 1.19. The van der Waals surface area contributed by atoms with Gasteiger partial charge >= 0.3 is 0 Å². The van der Waals surface area contributed by atoms with E-state index in [4.69, 9.17) is 0 Å². The molecular formula is C17H13FN2O2S. The number of amides is 1. The topological polar surface area (TPSA) is 52.9 Å². The number of hydrogen-bond donors (Lipinski definition) is 1. The van der Waals surface area contributed by atoms with Crippen molar-refractivity contribution in [2.75, 3.05) is 7.05 Å². The highest BCUT2D eigenvalue weighted by molar-refractivity contribution is 8.18. The number of halogens is 1. The van der Waals surface area contributed by atoms with Gasteiger partial charge in [0.1, 0.15) is 17.3 Å². The number of rotatable bonds is 2. The summed E-state index contributed by atoms with van der Waals surface area (Å²) in [7, 11) is 1.60. The molecule has 1 N–H and O–H groups in total. The summed E-state index contributed by atoms with van der Waals surface area (Å²) in [6.45, 7) is 0. The third kappa shape index (κ3) is 3.27. The second kappa shape index (κ2) is 6.26. The lowest BCUT2D eigenvalue weighted by atomic mass is 10.2. The van der Waals surface area contributed by atoms with E-state index in [1.165, 1.54) is 22.7 Å². The minimum atomic E-state index is -0.433. The predicted octanol–water partition coefficient (Wildman–Crippen LogP) is 3.77. The van der Waals surface area contributed by atoms with Crippen LogP contribution in [-0.4, -0.2) is 28.1 Å². The van der Waals surface area contributed by atoms with Crippen molar-refractivity contribution >= 4 is 34.6 Å². The third-order valence-corrected chi connectivity index (χ3v) is 4.32. The van der Waals surface area contributed by atoms with Crippen molar-refractivity contribution < 1.29 is 14.3 Å². The predicted molar refractivity (Wildman–Crippen MR) is 89.9 cm³/mol. The van der Waals surface area contributed by atoms with Gasteiger partial charge in [-0.05, 0) is 47.7 Å². The van der Waals surface area contributed by atoms with Gasteiger partial charge in [0.2, 0.25) is 0 Å². The Kier molecular flexibility index (Phi) is 4.16. The number of likely N-dealkylation sites (N-methyl/N-ethyl adjacent to an activating group) is 1. The Hall–Kier alpha value is -2.60. The number of para-hydroxylation sites is 1. The summed E-state index contributed by atoms with van der Waals surface area (Å²) in [5, 5.41) is 9.71. The fraction of sp³-hybridized carbons (Fsp3) is 0.0588. The molecule has 1 aliphatic heterocycles. The molecule has 0 bridgehead atoms. The van der Waals surface area contributed by atoms with Gasteiger partial charge in [-0.25, -0.2) is 9.38 Å². The Morgan fingerprint density at radius 2 is 1.87 bits per heavy atom. The third-order valence-electron chi connectivity index (χ3n) is 3.26. The van der Waals surface area contributed by atoms with Crippen molar-refractivity contribution in [2.24, 2.45) is 4.99 Å². The van der Waals surface area contributed by atoms with Gasteiger partial charge in [0.15, 0.2) is 5.17 Å². The largest absolute Gasteiger partial charge is 0.508 e. The normalized spacial score (nSPS) is 18.2. The molecule has 2 aromatic carbocycles. The average molecular weight is 328 g/mol. The quantitative estimate of drug-likeness (QED) is 0.854. The Morgan fingerprint density at radius 3 is 2.57 bits per heavy atom. The summed E-state index contributed by atoms with van der Waals surface area (Å²) in [5.74, 6) is -0.466. The van der Waals surface area contributed by atoms with E-state index in [0.29, 0.717) is 10.1 Å². The molecule has 2 aromatic rings. The molecule has 1 heterocycles. The van der Waals surface area contributed by atoms with Crippen LogP contribution in [0.25, 0.3) is 6.08 Å². The zero-order chi connectivity index (χ0) is 16.4. The zero-order valence-electron chi connectivity index (χ0n) is 12.2. The van der Waals surface area contributed by atoms with Crippen molar-refractivity contribution in [1.82, 2.24) is 4.90 Å². The molecule has 0 atom stereocenters. The van der Waals surface area contributed by atoms with Gasteiger partial charge in [0, 0.05) is 7.05 Å². The second-order valence-corrected chi connectivity index (χ2v) is 5.92. The fourth-order valence-electron chi connectivity index (χ4n) is 2.02. The highest BCUT2D eigenvalue weighted by Gasteiger charge is 2.30. The maximum Gasteiger partial charge on any atom is 0.266 e. The van der Waals surface area contributed by atoms with Crippen LogP contribution >= 0.6 is 11.8 Å². The maximum atomic E-state index is 13.7. The molecule has 0 saturated carbocycles. The van der Waals surface area contributed by atoms with Crippen LogP contribution in [0.15, 0.2) is 58.4 Å². The van der Waals surface area contributed by atoms with Crippen molar-refractivity contribution in [2.45, 2.75) is 0 Å². The molecular weight excluding hydrogens is 315 g/mol. The first kappa shape index (κ1) is 15.3. The SMILES string of the molecule is CN1C(=O)/C(=C\c2ccc(O)cc2)SC1=Nc1ccccc1F. The molecule has 1 amide bonds. The highest BCUT2D eigenvalue weighted by atomic mass is 32.2. The first-order valence-corrected chi connectivity index (χ1v) is 7.66. The van der Waals surface area contributed by atoms with E-state index in [-0.39, 0.29) is 17.3 Å². The molecule has 1 aliphatic rings. The Labute approximate surface area is 137 Å². The van der Waals surface area contributed by atoms with E-state index in [0.717, 1.165) is 5.56 Å². The number of aromatic hydroxyl groups is 1. The molecule has 23 heavy (non-hydrogen) atoms. The van der Waals surface area contributed by atoms with Crippen LogP contribution in [0, 0.1) is 5.82 Å². The number of hydrogen-bond acceptors (Lipinski definition) is 4. The number of aliphatic imine (C=N–C) groups is 1. The van der Waals surface area contributed by atoms with Crippen LogP contribution < -0.4 is 0 Å². The van der Waals surface area contributed by atoms with Crippen LogP contribution in [0.5, 0.6) is 5.75 Å². The molecule has 0 unspecified atom stereocenters. The second-order valence-electron chi connectivity index (χ2n) is 4.91. The number of carbonyl (C=O) groups excluding carboxylic acids is 1. The summed E-state index contributed by atoms with van der Waals surface area (Å²) in [6, 6.07) is 12.7. The molecule has 0 radical (unpaired) electrons. The van der Waals surface area contributed by atoms with Gasteiger partial charge in [0.25, 0.3) is 5.91 Å². The van der Waals surface area contributed by atoms with Crippen molar-refractivity contribution in [3.63, 3.8) is 0 Å². The number of phenolic OH excluding ortho intramolecular Hbond substituents is 1. The van der Waals surface area contributed by atoms with Gasteiger partial charge in [-0.3, -0.25) is 9.69 Å². The standard InChI is InChI=1S/C17H13FN2O2S/c1-20-16(22)15(10-11-6-8-12(21)9-7-11)23-17(20)19-14-5-3-2-4-13(14)18/h2-10,21H,1H3/b15-10+,19-17?. The monoisotopic (exact) mass is 328 g/mol. The van der Waals surface area contributed by atoms with Gasteiger partial charge < -0.3 is 5.11 Å². The van der Waals surface area contributed by atoms with E-state index < -0.39 is 5.82 Å². The van der Waals surface area contributed by atoms with E-state index in [1.807, 2.05) is 0 Å². The molecule has 4 nitrogen and oxygen atoms in total. The van der Waals surface area contributed by atoms with E-state index in [1.54, 1.807) is 55.6 Å². The summed E-state index contributed by atoms with van der Waals surface area (Å²) in [6.07, 6.45) is 1.72. The van der Waals surface area contributed by atoms with Crippen molar-refractivity contribution in [1.29, 1.82) is 0 Å². The van der Waals surface area contributed by atoms with E-state index in [2.05, 4.69) is 4.99 Å². The van der Waals surface area contributed by atoms with E-state index in [9.17, 15) is 14.3 Å². The fourth-order valence-corrected chi connectivity index (χ4v) is 3.00. The molecule has 6 heteroatoms. The van der Waals surface area contributed by atoms with Crippen LogP contribution in [0.3, 0.4) is 0 Å². The van der Waals surface area contributed by atoms with E-state index >= 15 is 0 Å². The minimum absolute atomic E-state index is 0.163. The molecule has 1 fully saturated rings. The van der Waals surface area contributed by atoms with Crippen LogP contribution in [0.2, 0.25) is 0 Å². The number of nitrogens with zero attached hydrogens (tertiary/aromatic N) is 2. The first-order chi connectivity index (χ1) is 11.0. The van der Waals surface area contributed by atoms with Gasteiger partial charge in [0.05, 0.1) is 4.91 Å². The minimum Gasteiger partial charge on any atom is -0.508 e. The number of phenols is 1. The summed E-state index contributed by atoms with van der Waals surface area (Å²) in [4.78, 5) is 18.4. The molecule has 0 spiro atoms. The number of benzene rings is 2. The Balaban J connectivity index is 1.91. The van der Waals surface area contributed by atoms with Crippen LogP contribution in [0.1, 0.15) is 5.56 Å². The molecule has 116 valence electrons.